The zero-order chi connectivity index (χ0) is 16.2. The Bertz CT molecular complexity index is 496. The fourth-order valence-corrected chi connectivity index (χ4v) is 3.45. The van der Waals surface area contributed by atoms with Crippen LogP contribution in [-0.4, -0.2) is 62.4 Å². The first-order valence-electron chi connectivity index (χ1n) is 7.78. The number of piperidine rings is 1. The van der Waals surface area contributed by atoms with E-state index in [-0.39, 0.29) is 17.8 Å². The Labute approximate surface area is 132 Å². The largest absolute Gasteiger partial charge is 0.497 e. The van der Waals surface area contributed by atoms with Crippen LogP contribution in [0.15, 0.2) is 18.2 Å². The fraction of sp³-hybridized carbons (Fsp3) is 0.647. The predicted octanol–water partition coefficient (Wildman–Crippen LogP) is 1.97. The Morgan fingerprint density at radius 2 is 2.18 bits per heavy atom. The second-order valence-electron chi connectivity index (χ2n) is 6.67. The SMILES string of the molecule is COc1ccc(CN2CCC[C@](CO)(CN(C)C)C2)c(F)c1. The maximum absolute atomic E-state index is 14.1. The van der Waals surface area contributed by atoms with Crippen LogP contribution in [0.25, 0.3) is 0 Å². The molecule has 0 unspecified atom stereocenters. The van der Waals surface area contributed by atoms with Crippen molar-refractivity contribution in [1.29, 1.82) is 0 Å². The molecule has 124 valence electrons. The fourth-order valence-electron chi connectivity index (χ4n) is 3.45. The van der Waals surface area contributed by atoms with Gasteiger partial charge >= 0.3 is 0 Å². The van der Waals surface area contributed by atoms with Gasteiger partial charge in [0.1, 0.15) is 11.6 Å². The third kappa shape index (κ3) is 4.18. The summed E-state index contributed by atoms with van der Waals surface area (Å²) in [5.74, 6) is 0.310. The molecule has 0 saturated carbocycles. The van der Waals surface area contributed by atoms with Crippen molar-refractivity contribution in [2.45, 2.75) is 19.4 Å². The highest BCUT2D eigenvalue weighted by molar-refractivity contribution is 5.28. The number of hydrogen-bond acceptors (Lipinski definition) is 4. The van der Waals surface area contributed by atoms with Crippen LogP contribution in [0.4, 0.5) is 4.39 Å². The van der Waals surface area contributed by atoms with Crippen molar-refractivity contribution in [3.8, 4) is 5.75 Å². The van der Waals surface area contributed by atoms with Crippen LogP contribution < -0.4 is 4.74 Å². The Hall–Kier alpha value is -1.17. The van der Waals surface area contributed by atoms with Gasteiger partial charge in [-0.15, -0.1) is 0 Å². The topological polar surface area (TPSA) is 35.9 Å². The molecule has 4 nitrogen and oxygen atoms in total. The van der Waals surface area contributed by atoms with Crippen LogP contribution >= 0.6 is 0 Å². The normalized spacial score (nSPS) is 23.0. The molecule has 0 aromatic heterocycles. The Morgan fingerprint density at radius 3 is 2.77 bits per heavy atom. The van der Waals surface area contributed by atoms with Gasteiger partial charge in [0.25, 0.3) is 0 Å². The molecule has 0 radical (unpaired) electrons. The van der Waals surface area contributed by atoms with Gasteiger partial charge in [0, 0.05) is 36.7 Å². The Balaban J connectivity index is 2.06. The Kier molecular flexibility index (Phi) is 5.78. The number of nitrogens with zero attached hydrogens (tertiary/aromatic N) is 2. The third-order valence-corrected chi connectivity index (χ3v) is 4.38. The van der Waals surface area contributed by atoms with E-state index < -0.39 is 0 Å². The van der Waals surface area contributed by atoms with E-state index in [0.29, 0.717) is 17.9 Å². The third-order valence-electron chi connectivity index (χ3n) is 4.38. The van der Waals surface area contributed by atoms with E-state index in [1.165, 1.54) is 13.2 Å². The lowest BCUT2D eigenvalue weighted by atomic mass is 9.80. The van der Waals surface area contributed by atoms with Crippen molar-refractivity contribution >= 4 is 0 Å². The molecule has 1 heterocycles. The number of benzene rings is 1. The van der Waals surface area contributed by atoms with Crippen LogP contribution in [0.5, 0.6) is 5.75 Å². The molecule has 0 aliphatic carbocycles. The van der Waals surface area contributed by atoms with Gasteiger partial charge in [-0.1, -0.05) is 6.07 Å². The number of hydrogen-bond donors (Lipinski definition) is 1. The second-order valence-corrected chi connectivity index (χ2v) is 6.67. The first kappa shape index (κ1) is 17.2. The maximum Gasteiger partial charge on any atom is 0.131 e. The van der Waals surface area contributed by atoms with Gasteiger partial charge in [-0.2, -0.15) is 0 Å². The van der Waals surface area contributed by atoms with Gasteiger partial charge in [-0.05, 0) is 39.5 Å². The van der Waals surface area contributed by atoms with E-state index in [4.69, 9.17) is 4.74 Å². The summed E-state index contributed by atoms with van der Waals surface area (Å²) >= 11 is 0. The minimum atomic E-state index is -0.230. The van der Waals surface area contributed by atoms with Gasteiger partial charge in [0.2, 0.25) is 0 Å². The molecule has 1 N–H and O–H groups in total. The molecule has 1 aliphatic rings. The number of halogens is 1. The smallest absolute Gasteiger partial charge is 0.131 e. The summed E-state index contributed by atoms with van der Waals surface area (Å²) in [5.41, 5.74) is 0.574. The summed E-state index contributed by atoms with van der Waals surface area (Å²) in [7, 11) is 5.59. The summed E-state index contributed by atoms with van der Waals surface area (Å²) in [6, 6.07) is 5.01. The first-order valence-corrected chi connectivity index (χ1v) is 7.78. The van der Waals surface area contributed by atoms with Gasteiger partial charge in [-0.3, -0.25) is 4.90 Å². The van der Waals surface area contributed by atoms with E-state index in [1.807, 2.05) is 14.1 Å². The molecule has 22 heavy (non-hydrogen) atoms. The second kappa shape index (κ2) is 7.40. The Morgan fingerprint density at radius 1 is 1.41 bits per heavy atom. The highest BCUT2D eigenvalue weighted by Crippen LogP contribution is 2.31. The van der Waals surface area contributed by atoms with Crippen molar-refractivity contribution in [3.05, 3.63) is 29.6 Å². The van der Waals surface area contributed by atoms with E-state index in [9.17, 15) is 9.50 Å². The highest BCUT2D eigenvalue weighted by atomic mass is 19.1. The lowest BCUT2D eigenvalue weighted by Gasteiger charge is -2.43. The zero-order valence-electron chi connectivity index (χ0n) is 13.8. The summed E-state index contributed by atoms with van der Waals surface area (Å²) in [6.45, 7) is 3.34. The molecule has 0 bridgehead atoms. The lowest BCUT2D eigenvalue weighted by Crippen LogP contribution is -2.49. The average molecular weight is 310 g/mol. The van der Waals surface area contributed by atoms with E-state index in [0.717, 1.165) is 32.5 Å². The molecule has 5 heteroatoms. The van der Waals surface area contributed by atoms with Crippen molar-refractivity contribution < 1.29 is 14.2 Å². The summed E-state index contributed by atoms with van der Waals surface area (Å²) in [5, 5.41) is 9.85. The summed E-state index contributed by atoms with van der Waals surface area (Å²) < 4.78 is 19.2. The number of aliphatic hydroxyl groups excluding tert-OH is 1. The first-order chi connectivity index (χ1) is 10.5. The molecule has 1 aromatic rings. The van der Waals surface area contributed by atoms with Gasteiger partial charge in [0.15, 0.2) is 0 Å². The molecule has 0 spiro atoms. The molecule has 1 aliphatic heterocycles. The molecular weight excluding hydrogens is 283 g/mol. The molecule has 1 atom stereocenters. The van der Waals surface area contributed by atoms with Crippen molar-refractivity contribution in [1.82, 2.24) is 9.80 Å². The summed E-state index contributed by atoms with van der Waals surface area (Å²) in [4.78, 5) is 4.36. The minimum Gasteiger partial charge on any atom is -0.497 e. The standard InChI is InChI=1S/C17H27FN2O2/c1-19(2)11-17(13-21)7-4-8-20(12-17)10-14-5-6-15(22-3)9-16(14)18/h5-6,9,21H,4,7-8,10-13H2,1-3H3/t17-/m0/s1. The predicted molar refractivity (Wildman–Crippen MR) is 85.5 cm³/mol. The van der Waals surface area contributed by atoms with Crippen LogP contribution in [0.1, 0.15) is 18.4 Å². The zero-order valence-corrected chi connectivity index (χ0v) is 13.8. The van der Waals surface area contributed by atoms with Crippen molar-refractivity contribution in [2.24, 2.45) is 5.41 Å². The van der Waals surface area contributed by atoms with Crippen molar-refractivity contribution in [3.63, 3.8) is 0 Å². The highest BCUT2D eigenvalue weighted by Gasteiger charge is 2.35. The maximum atomic E-state index is 14.1. The van der Waals surface area contributed by atoms with Gasteiger partial charge in [0.05, 0.1) is 13.7 Å². The molecule has 0 amide bonds. The van der Waals surface area contributed by atoms with Gasteiger partial charge < -0.3 is 14.7 Å². The van der Waals surface area contributed by atoms with Gasteiger partial charge in [-0.25, -0.2) is 4.39 Å². The van der Waals surface area contributed by atoms with Crippen LogP contribution in [0.2, 0.25) is 0 Å². The molecule has 1 fully saturated rings. The minimum absolute atomic E-state index is 0.106. The summed E-state index contributed by atoms with van der Waals surface area (Å²) in [6.07, 6.45) is 2.05. The number of aliphatic hydroxyl groups is 1. The number of rotatable bonds is 6. The van der Waals surface area contributed by atoms with E-state index in [1.54, 1.807) is 12.1 Å². The van der Waals surface area contributed by atoms with Crippen molar-refractivity contribution in [2.75, 3.05) is 47.4 Å². The number of likely N-dealkylation sites (tertiary alicyclic amines) is 1. The lowest BCUT2D eigenvalue weighted by molar-refractivity contribution is 0.0102. The van der Waals surface area contributed by atoms with Crippen LogP contribution in [0.3, 0.4) is 0 Å². The van der Waals surface area contributed by atoms with E-state index in [2.05, 4.69) is 9.80 Å². The van der Waals surface area contributed by atoms with E-state index >= 15 is 0 Å². The molecule has 1 saturated heterocycles. The molecule has 1 aromatic carbocycles. The van der Waals surface area contributed by atoms with Crippen LogP contribution in [-0.2, 0) is 6.54 Å². The molecule has 2 rings (SSSR count). The number of methoxy groups -OCH3 is 1. The van der Waals surface area contributed by atoms with Crippen LogP contribution in [0, 0.1) is 11.2 Å². The molecular formula is C17H27FN2O2. The average Bonchev–Trinajstić information content (AvgIpc) is 2.49. The number of ether oxygens (including phenoxy) is 1. The monoisotopic (exact) mass is 310 g/mol. The quantitative estimate of drug-likeness (QED) is 0.871.